The summed E-state index contributed by atoms with van der Waals surface area (Å²) in [5.41, 5.74) is -0.667. The molecule has 0 bridgehead atoms. The smallest absolute Gasteiger partial charge is 0.419 e. The van der Waals surface area contributed by atoms with Gasteiger partial charge in [-0.05, 0) is 39.7 Å². The molecule has 10 nitrogen and oxygen atoms in total. The van der Waals surface area contributed by atoms with E-state index in [0.29, 0.717) is 47.4 Å². The molecule has 4 rings (SSSR count). The number of aromatic nitrogens is 3. The summed E-state index contributed by atoms with van der Waals surface area (Å²) in [6, 6.07) is 2.98. The number of likely N-dealkylation sites (tertiary alicyclic amines) is 1. The van der Waals surface area contributed by atoms with Gasteiger partial charge in [0, 0.05) is 47.7 Å². The first kappa shape index (κ1) is 31.3. The highest BCUT2D eigenvalue weighted by Crippen LogP contribution is 2.43. The number of hydrogen-bond acceptors (Lipinski definition) is 8. The van der Waals surface area contributed by atoms with Crippen LogP contribution in [0.25, 0.3) is 22.2 Å². The second-order valence-corrected chi connectivity index (χ2v) is 12.8. The number of amides is 2. The van der Waals surface area contributed by atoms with E-state index in [0.717, 1.165) is 6.20 Å². The number of benzene rings is 1. The van der Waals surface area contributed by atoms with Crippen LogP contribution in [0.4, 0.5) is 34.4 Å². The maximum absolute atomic E-state index is 14.2. The van der Waals surface area contributed by atoms with Crippen molar-refractivity contribution < 1.29 is 32.2 Å². The van der Waals surface area contributed by atoms with Crippen LogP contribution in [0.5, 0.6) is 0 Å². The highest BCUT2D eigenvalue weighted by Gasteiger charge is 2.37. The molecule has 0 spiro atoms. The topological polar surface area (TPSA) is 121 Å². The lowest BCUT2D eigenvalue weighted by Gasteiger charge is -2.34. The molecule has 0 radical (unpaired) electrons. The van der Waals surface area contributed by atoms with E-state index in [4.69, 9.17) is 9.47 Å². The van der Waals surface area contributed by atoms with Gasteiger partial charge in [0.15, 0.2) is 0 Å². The largest absolute Gasteiger partial charge is 0.453 e. The number of rotatable bonds is 6. The van der Waals surface area contributed by atoms with Crippen molar-refractivity contribution in [1.82, 2.24) is 19.9 Å². The first-order chi connectivity index (χ1) is 19.7. The van der Waals surface area contributed by atoms with E-state index in [2.05, 4.69) is 25.6 Å². The van der Waals surface area contributed by atoms with Crippen LogP contribution >= 0.6 is 11.8 Å². The Kier molecular flexibility index (Phi) is 9.14. The predicted octanol–water partition coefficient (Wildman–Crippen LogP) is 7.13. The summed E-state index contributed by atoms with van der Waals surface area (Å²) in [7, 11) is 1.25. The van der Waals surface area contributed by atoms with Crippen LogP contribution in [0.15, 0.2) is 29.4 Å². The molecule has 1 atom stereocenters. The van der Waals surface area contributed by atoms with E-state index >= 15 is 0 Å². The number of nitrogens with zero attached hydrogens (tertiary/aromatic N) is 3. The third kappa shape index (κ3) is 7.39. The SMILES string of the molecule is COC(=O)Nc1ccc2c(-c3nc(N[C@H]4CCCN(C(=O)OC(C)(C)C)C4)ncc3C(F)(F)F)c[nH]c2c1SC(C)C. The summed E-state index contributed by atoms with van der Waals surface area (Å²) in [5.74, 6) is 0.0177. The zero-order valence-electron chi connectivity index (χ0n) is 24.3. The number of ether oxygens (including phenoxy) is 2. The first-order valence-electron chi connectivity index (χ1n) is 13.5. The summed E-state index contributed by atoms with van der Waals surface area (Å²) in [4.78, 5) is 38.1. The number of nitrogens with one attached hydrogen (secondary N) is 3. The number of H-pyrrole nitrogens is 1. The predicted molar refractivity (Wildman–Crippen MR) is 156 cm³/mol. The molecule has 2 amide bonds. The molecule has 1 aromatic carbocycles. The number of thioether (sulfide) groups is 1. The lowest BCUT2D eigenvalue weighted by molar-refractivity contribution is -0.137. The van der Waals surface area contributed by atoms with Crippen molar-refractivity contribution in [3.8, 4) is 11.3 Å². The number of halogens is 3. The van der Waals surface area contributed by atoms with Crippen molar-refractivity contribution in [2.24, 2.45) is 0 Å². The number of aromatic amines is 1. The monoisotopic (exact) mass is 608 g/mol. The fraction of sp³-hybridized carbons (Fsp3) is 0.500. The molecule has 1 aliphatic heterocycles. The van der Waals surface area contributed by atoms with E-state index in [1.807, 2.05) is 13.8 Å². The van der Waals surface area contributed by atoms with Gasteiger partial charge in [-0.1, -0.05) is 19.9 Å². The van der Waals surface area contributed by atoms with Crippen LogP contribution in [0, 0.1) is 0 Å². The number of carbonyl (C=O) groups is 2. The van der Waals surface area contributed by atoms with Gasteiger partial charge in [-0.2, -0.15) is 13.2 Å². The number of anilines is 2. The minimum atomic E-state index is -4.71. The van der Waals surface area contributed by atoms with Gasteiger partial charge in [0.25, 0.3) is 0 Å². The number of piperidine rings is 1. The lowest BCUT2D eigenvalue weighted by Crippen LogP contribution is -2.47. The van der Waals surface area contributed by atoms with E-state index in [-0.39, 0.29) is 28.5 Å². The van der Waals surface area contributed by atoms with Crippen LogP contribution in [-0.4, -0.2) is 69.1 Å². The summed E-state index contributed by atoms with van der Waals surface area (Å²) in [6.45, 7) is 10.1. The summed E-state index contributed by atoms with van der Waals surface area (Å²) < 4.78 is 52.7. The molecular formula is C28H35F3N6O4S. The fourth-order valence-electron chi connectivity index (χ4n) is 4.62. The quantitative estimate of drug-likeness (QED) is 0.253. The van der Waals surface area contributed by atoms with Crippen molar-refractivity contribution >= 4 is 46.5 Å². The third-order valence-electron chi connectivity index (χ3n) is 6.34. The average Bonchev–Trinajstić information content (AvgIpc) is 3.32. The molecule has 3 heterocycles. The van der Waals surface area contributed by atoms with Crippen molar-refractivity contribution in [2.75, 3.05) is 30.8 Å². The molecule has 1 fully saturated rings. The summed E-state index contributed by atoms with van der Waals surface area (Å²) >= 11 is 1.45. The Morgan fingerprint density at radius 2 is 1.95 bits per heavy atom. The standard InChI is InChI=1S/C28H35F3N6O4S/c1-15(2)42-23-20(35-25(38)40-6)10-9-17-18(12-32-22(17)23)21-19(28(29,30)31)13-33-24(36-21)34-16-8-7-11-37(14-16)26(39)41-27(3,4)5/h9-10,12-13,15-16,32H,7-8,11,14H2,1-6H3,(H,35,38)(H,33,34,36)/t16-/m0/s1. The summed E-state index contributed by atoms with van der Waals surface area (Å²) in [6.07, 6.45) is -2.21. The number of fused-ring (bicyclic) bond motifs is 1. The molecule has 2 aromatic heterocycles. The Labute approximate surface area is 246 Å². The molecule has 1 saturated heterocycles. The Bertz CT molecular complexity index is 1450. The van der Waals surface area contributed by atoms with Gasteiger partial charge in [0.1, 0.15) is 11.2 Å². The van der Waals surface area contributed by atoms with Gasteiger partial charge in [-0.3, -0.25) is 5.32 Å². The Balaban J connectivity index is 1.70. The van der Waals surface area contributed by atoms with Crippen LogP contribution in [0.2, 0.25) is 0 Å². The number of carbonyl (C=O) groups excluding carboxylic acids is 2. The fourth-order valence-corrected chi connectivity index (χ4v) is 5.62. The van der Waals surface area contributed by atoms with Crippen LogP contribution < -0.4 is 10.6 Å². The van der Waals surface area contributed by atoms with Crippen molar-refractivity contribution in [1.29, 1.82) is 0 Å². The van der Waals surface area contributed by atoms with Crippen molar-refractivity contribution in [3.05, 3.63) is 30.1 Å². The van der Waals surface area contributed by atoms with E-state index < -0.39 is 29.5 Å². The lowest BCUT2D eigenvalue weighted by atomic mass is 10.0. The van der Waals surface area contributed by atoms with Gasteiger partial charge in [-0.25, -0.2) is 19.6 Å². The zero-order valence-corrected chi connectivity index (χ0v) is 25.1. The van der Waals surface area contributed by atoms with Crippen molar-refractivity contribution in [3.63, 3.8) is 0 Å². The normalized spacial score (nSPS) is 16.0. The number of methoxy groups -OCH3 is 1. The Morgan fingerprint density at radius 3 is 2.60 bits per heavy atom. The molecule has 228 valence electrons. The van der Waals surface area contributed by atoms with E-state index in [1.165, 1.54) is 25.1 Å². The minimum Gasteiger partial charge on any atom is -0.453 e. The molecule has 0 saturated carbocycles. The second-order valence-electron chi connectivity index (χ2n) is 11.2. The van der Waals surface area contributed by atoms with E-state index in [1.54, 1.807) is 37.8 Å². The highest BCUT2D eigenvalue weighted by atomic mass is 32.2. The molecule has 3 N–H and O–H groups in total. The maximum atomic E-state index is 14.2. The first-order valence-corrected chi connectivity index (χ1v) is 14.4. The van der Waals surface area contributed by atoms with Crippen LogP contribution in [0.1, 0.15) is 53.0 Å². The second kappa shape index (κ2) is 12.3. The Morgan fingerprint density at radius 1 is 1.21 bits per heavy atom. The third-order valence-corrected chi connectivity index (χ3v) is 7.47. The average molecular weight is 609 g/mol. The molecule has 0 aliphatic carbocycles. The van der Waals surface area contributed by atoms with E-state index in [9.17, 15) is 22.8 Å². The Hall–Kier alpha value is -3.68. The number of alkyl halides is 3. The van der Waals surface area contributed by atoms with Gasteiger partial charge in [0.05, 0.1) is 28.9 Å². The van der Waals surface area contributed by atoms with Crippen LogP contribution in [0.3, 0.4) is 0 Å². The van der Waals surface area contributed by atoms with Gasteiger partial charge in [-0.15, -0.1) is 11.8 Å². The summed E-state index contributed by atoms with van der Waals surface area (Å²) in [5, 5.41) is 6.39. The van der Waals surface area contributed by atoms with Crippen LogP contribution in [-0.2, 0) is 15.7 Å². The highest BCUT2D eigenvalue weighted by molar-refractivity contribution is 8.00. The van der Waals surface area contributed by atoms with Crippen molar-refractivity contribution in [2.45, 2.75) is 75.4 Å². The molecule has 0 unspecified atom stereocenters. The van der Waals surface area contributed by atoms with Gasteiger partial charge >= 0.3 is 18.4 Å². The number of hydrogen-bond donors (Lipinski definition) is 3. The molecule has 42 heavy (non-hydrogen) atoms. The van der Waals surface area contributed by atoms with Gasteiger partial charge < -0.3 is 24.7 Å². The molecule has 1 aliphatic rings. The molecular weight excluding hydrogens is 573 g/mol. The maximum Gasteiger partial charge on any atom is 0.419 e. The molecule has 14 heteroatoms. The molecule has 3 aromatic rings. The zero-order chi connectivity index (χ0) is 30.8. The minimum absolute atomic E-state index is 0.0177. The van der Waals surface area contributed by atoms with Gasteiger partial charge in [0.2, 0.25) is 5.95 Å².